The first kappa shape index (κ1) is 16.0. The number of carbonyl (C=O) groups excluding carboxylic acids is 1. The minimum atomic E-state index is -1.13. The Morgan fingerprint density at radius 3 is 2.32 bits per heavy atom. The Morgan fingerprint density at radius 1 is 1.26 bits per heavy atom. The number of nitrogens with one attached hydrogen (secondary N) is 1. The van der Waals surface area contributed by atoms with E-state index in [0.29, 0.717) is 19.4 Å². The smallest absolute Gasteiger partial charge is 0.329 e. The highest BCUT2D eigenvalue weighted by atomic mass is 16.4. The normalized spacial score (nSPS) is 23.9. The molecule has 1 amide bonds. The van der Waals surface area contributed by atoms with E-state index in [1.165, 1.54) is 0 Å². The van der Waals surface area contributed by atoms with Crippen LogP contribution in [0.3, 0.4) is 0 Å². The molecule has 1 aliphatic rings. The molecule has 0 heterocycles. The fourth-order valence-corrected chi connectivity index (χ4v) is 2.95. The van der Waals surface area contributed by atoms with Crippen LogP contribution >= 0.6 is 0 Å². The molecule has 1 rings (SSSR count). The second-order valence-corrected chi connectivity index (χ2v) is 5.47. The summed E-state index contributed by atoms with van der Waals surface area (Å²) in [6.45, 7) is 4.08. The first-order chi connectivity index (χ1) is 9.00. The molecule has 5 heteroatoms. The van der Waals surface area contributed by atoms with E-state index in [2.05, 4.69) is 5.32 Å². The van der Waals surface area contributed by atoms with Crippen molar-refractivity contribution in [3.05, 3.63) is 0 Å². The molecule has 4 N–H and O–H groups in total. The summed E-state index contributed by atoms with van der Waals surface area (Å²) in [7, 11) is 0. The quantitative estimate of drug-likeness (QED) is 0.682. The molecule has 0 spiro atoms. The molecule has 0 aromatic rings. The lowest BCUT2D eigenvalue weighted by molar-refractivity contribution is -0.149. The van der Waals surface area contributed by atoms with Gasteiger partial charge in [0.05, 0.1) is 0 Å². The van der Waals surface area contributed by atoms with E-state index in [0.717, 1.165) is 25.7 Å². The topological polar surface area (TPSA) is 92.4 Å². The highest BCUT2D eigenvalue weighted by Crippen LogP contribution is 2.30. The van der Waals surface area contributed by atoms with Gasteiger partial charge in [-0.25, -0.2) is 4.79 Å². The van der Waals surface area contributed by atoms with E-state index in [1.807, 2.05) is 0 Å². The van der Waals surface area contributed by atoms with Crippen molar-refractivity contribution in [2.75, 3.05) is 6.54 Å². The Kier molecular flexibility index (Phi) is 5.79. The van der Waals surface area contributed by atoms with E-state index >= 15 is 0 Å². The number of carbonyl (C=O) groups is 2. The molecule has 0 radical (unpaired) electrons. The van der Waals surface area contributed by atoms with Gasteiger partial charge in [-0.05, 0) is 38.1 Å². The zero-order valence-electron chi connectivity index (χ0n) is 11.9. The Balaban J connectivity index is 2.78. The molecule has 1 aliphatic carbocycles. The van der Waals surface area contributed by atoms with Gasteiger partial charge in [0.1, 0.15) is 5.54 Å². The van der Waals surface area contributed by atoms with Crippen LogP contribution in [0.15, 0.2) is 0 Å². The van der Waals surface area contributed by atoms with Crippen LogP contribution in [0.5, 0.6) is 0 Å². The molecule has 0 aliphatic heterocycles. The molecule has 19 heavy (non-hydrogen) atoms. The first-order valence-corrected chi connectivity index (χ1v) is 7.26. The third kappa shape index (κ3) is 3.47. The Morgan fingerprint density at radius 2 is 1.84 bits per heavy atom. The van der Waals surface area contributed by atoms with E-state index in [9.17, 15) is 14.7 Å². The molecule has 0 aromatic heterocycles. The third-order valence-corrected chi connectivity index (χ3v) is 4.53. The van der Waals surface area contributed by atoms with Gasteiger partial charge in [0.15, 0.2) is 0 Å². The van der Waals surface area contributed by atoms with Crippen LogP contribution in [0.25, 0.3) is 0 Å². The van der Waals surface area contributed by atoms with Crippen LogP contribution in [0.4, 0.5) is 0 Å². The van der Waals surface area contributed by atoms with Crippen molar-refractivity contribution < 1.29 is 14.7 Å². The number of rotatable bonds is 6. The van der Waals surface area contributed by atoms with Crippen LogP contribution in [0.2, 0.25) is 0 Å². The predicted molar refractivity (Wildman–Crippen MR) is 73.6 cm³/mol. The fraction of sp³-hybridized carbons (Fsp3) is 0.857. The van der Waals surface area contributed by atoms with Gasteiger partial charge in [0, 0.05) is 5.92 Å². The second kappa shape index (κ2) is 6.89. The molecule has 2 unspecified atom stereocenters. The SMILES string of the molecule is CCC(CC)(NC(=O)C1CCCCC1CN)C(=O)O. The third-order valence-electron chi connectivity index (χ3n) is 4.53. The monoisotopic (exact) mass is 270 g/mol. The van der Waals surface area contributed by atoms with Gasteiger partial charge in [-0.2, -0.15) is 0 Å². The largest absolute Gasteiger partial charge is 0.480 e. The average Bonchev–Trinajstić information content (AvgIpc) is 2.44. The molecular weight excluding hydrogens is 244 g/mol. The number of carboxylic acids is 1. The zero-order valence-corrected chi connectivity index (χ0v) is 11.9. The Bertz CT molecular complexity index is 327. The maximum Gasteiger partial charge on any atom is 0.329 e. The highest BCUT2D eigenvalue weighted by Gasteiger charge is 2.39. The van der Waals surface area contributed by atoms with Crippen LogP contribution in [0.1, 0.15) is 52.4 Å². The van der Waals surface area contributed by atoms with Crippen molar-refractivity contribution in [1.82, 2.24) is 5.32 Å². The number of hydrogen-bond donors (Lipinski definition) is 3. The van der Waals surface area contributed by atoms with Crippen molar-refractivity contribution in [3.63, 3.8) is 0 Å². The number of hydrogen-bond acceptors (Lipinski definition) is 3. The maximum atomic E-state index is 12.4. The van der Waals surface area contributed by atoms with Crippen molar-refractivity contribution in [2.45, 2.75) is 57.9 Å². The lowest BCUT2D eigenvalue weighted by Gasteiger charge is -2.34. The van der Waals surface area contributed by atoms with Crippen LogP contribution in [-0.4, -0.2) is 29.1 Å². The number of aliphatic carboxylic acids is 1. The van der Waals surface area contributed by atoms with Crippen molar-refractivity contribution in [2.24, 2.45) is 17.6 Å². The summed E-state index contributed by atoms with van der Waals surface area (Å²) in [6, 6.07) is 0. The van der Waals surface area contributed by atoms with Gasteiger partial charge in [0.2, 0.25) is 5.91 Å². The van der Waals surface area contributed by atoms with Gasteiger partial charge >= 0.3 is 5.97 Å². The lowest BCUT2D eigenvalue weighted by Crippen LogP contribution is -2.56. The predicted octanol–water partition coefficient (Wildman–Crippen LogP) is 1.51. The maximum absolute atomic E-state index is 12.4. The van der Waals surface area contributed by atoms with E-state index in [-0.39, 0.29) is 17.7 Å². The van der Waals surface area contributed by atoms with Crippen LogP contribution in [-0.2, 0) is 9.59 Å². The van der Waals surface area contributed by atoms with E-state index in [1.54, 1.807) is 13.8 Å². The average molecular weight is 270 g/mol. The standard InChI is InChI=1S/C14H26N2O3/c1-3-14(4-2,13(18)19)16-12(17)11-8-6-5-7-10(11)9-15/h10-11H,3-9,15H2,1-2H3,(H,16,17)(H,18,19). The molecule has 0 bridgehead atoms. The highest BCUT2D eigenvalue weighted by molar-refractivity contribution is 5.88. The Labute approximate surface area is 114 Å². The van der Waals surface area contributed by atoms with Gasteiger partial charge < -0.3 is 16.2 Å². The molecule has 1 fully saturated rings. The Hall–Kier alpha value is -1.10. The molecule has 110 valence electrons. The van der Waals surface area contributed by atoms with Gasteiger partial charge in [-0.1, -0.05) is 26.7 Å². The summed E-state index contributed by atoms with van der Waals surface area (Å²) in [5.74, 6) is -1.03. The summed E-state index contributed by atoms with van der Waals surface area (Å²) >= 11 is 0. The molecule has 5 nitrogen and oxygen atoms in total. The summed E-state index contributed by atoms with van der Waals surface area (Å²) in [6.07, 6.45) is 4.70. The fourth-order valence-electron chi connectivity index (χ4n) is 2.95. The summed E-state index contributed by atoms with van der Waals surface area (Å²) in [4.78, 5) is 23.8. The minimum Gasteiger partial charge on any atom is -0.480 e. The van der Waals surface area contributed by atoms with Crippen LogP contribution < -0.4 is 11.1 Å². The number of nitrogens with two attached hydrogens (primary N) is 1. The van der Waals surface area contributed by atoms with Crippen molar-refractivity contribution in [3.8, 4) is 0 Å². The summed E-state index contributed by atoms with van der Waals surface area (Å²) in [5.41, 5.74) is 4.59. The molecule has 1 saturated carbocycles. The molecule has 2 atom stereocenters. The number of carboxylic acid groups (broad SMARTS) is 1. The first-order valence-electron chi connectivity index (χ1n) is 7.26. The lowest BCUT2D eigenvalue weighted by atomic mass is 9.78. The van der Waals surface area contributed by atoms with Gasteiger partial charge in [0.25, 0.3) is 0 Å². The minimum absolute atomic E-state index is 0.129. The summed E-state index contributed by atoms with van der Waals surface area (Å²) in [5, 5.41) is 12.1. The summed E-state index contributed by atoms with van der Waals surface area (Å²) < 4.78 is 0. The molecule has 0 aromatic carbocycles. The van der Waals surface area contributed by atoms with Crippen LogP contribution in [0, 0.1) is 11.8 Å². The van der Waals surface area contributed by atoms with E-state index < -0.39 is 11.5 Å². The molecular formula is C14H26N2O3. The zero-order chi connectivity index (χ0) is 14.5. The van der Waals surface area contributed by atoms with Crippen molar-refractivity contribution in [1.29, 1.82) is 0 Å². The number of amides is 1. The van der Waals surface area contributed by atoms with Gasteiger partial charge in [-0.3, -0.25) is 4.79 Å². The van der Waals surface area contributed by atoms with Gasteiger partial charge in [-0.15, -0.1) is 0 Å². The molecule has 0 saturated heterocycles. The second-order valence-electron chi connectivity index (χ2n) is 5.47. The van der Waals surface area contributed by atoms with Crippen molar-refractivity contribution >= 4 is 11.9 Å². The van der Waals surface area contributed by atoms with E-state index in [4.69, 9.17) is 5.73 Å².